The molecule has 1 aromatic carbocycles. The normalized spacial score (nSPS) is 16.8. The van der Waals surface area contributed by atoms with Gasteiger partial charge < -0.3 is 15.0 Å². The van der Waals surface area contributed by atoms with Crippen LogP contribution in [0.5, 0.6) is 5.75 Å². The fourth-order valence-corrected chi connectivity index (χ4v) is 2.79. The van der Waals surface area contributed by atoms with E-state index in [9.17, 15) is 4.79 Å². The molecule has 1 aromatic rings. The molecule has 0 unspecified atom stereocenters. The highest BCUT2D eigenvalue weighted by atomic mass is 16.5. The Morgan fingerprint density at radius 2 is 1.78 bits per heavy atom. The molecule has 4 heteroatoms. The maximum absolute atomic E-state index is 12.3. The zero-order chi connectivity index (χ0) is 16.8. The van der Waals surface area contributed by atoms with Crippen LogP contribution in [0.1, 0.15) is 50.9 Å². The van der Waals surface area contributed by atoms with Gasteiger partial charge in [0.15, 0.2) is 0 Å². The van der Waals surface area contributed by atoms with E-state index in [-0.39, 0.29) is 11.9 Å². The molecular weight excluding hydrogens is 288 g/mol. The summed E-state index contributed by atoms with van der Waals surface area (Å²) in [7, 11) is 0. The zero-order valence-corrected chi connectivity index (χ0v) is 14.8. The van der Waals surface area contributed by atoms with Crippen molar-refractivity contribution in [3.8, 4) is 5.75 Å². The van der Waals surface area contributed by atoms with E-state index in [0.29, 0.717) is 24.1 Å². The summed E-state index contributed by atoms with van der Waals surface area (Å²) in [6.45, 7) is 11.5. The first-order valence-electron chi connectivity index (χ1n) is 8.73. The second-order valence-corrected chi connectivity index (χ2v) is 7.11. The van der Waals surface area contributed by atoms with Crippen molar-refractivity contribution >= 4 is 5.91 Å². The lowest BCUT2D eigenvalue weighted by molar-refractivity contribution is 0.0900. The Morgan fingerprint density at radius 3 is 2.30 bits per heavy atom. The molecule has 1 N–H and O–H groups in total. The number of hydrogen-bond donors (Lipinski definition) is 1. The van der Waals surface area contributed by atoms with E-state index >= 15 is 0 Å². The molecule has 1 amide bonds. The van der Waals surface area contributed by atoms with Gasteiger partial charge in [0.1, 0.15) is 5.75 Å². The Hall–Kier alpha value is -1.55. The molecule has 0 spiro atoms. The van der Waals surface area contributed by atoms with Gasteiger partial charge in [-0.3, -0.25) is 4.79 Å². The number of piperidine rings is 1. The molecule has 23 heavy (non-hydrogen) atoms. The van der Waals surface area contributed by atoms with Crippen molar-refractivity contribution < 1.29 is 9.53 Å². The van der Waals surface area contributed by atoms with Crippen LogP contribution in [0.2, 0.25) is 0 Å². The molecule has 1 fully saturated rings. The lowest BCUT2D eigenvalue weighted by Gasteiger charge is -2.34. The maximum Gasteiger partial charge on any atom is 0.251 e. The van der Waals surface area contributed by atoms with Gasteiger partial charge in [-0.15, -0.1) is 0 Å². The monoisotopic (exact) mass is 318 g/mol. The molecule has 128 valence electrons. The minimum Gasteiger partial charge on any atom is -0.493 e. The van der Waals surface area contributed by atoms with E-state index in [1.54, 1.807) is 0 Å². The van der Waals surface area contributed by atoms with Crippen molar-refractivity contribution in [3.63, 3.8) is 0 Å². The minimum absolute atomic E-state index is 0.0170. The molecule has 4 nitrogen and oxygen atoms in total. The highest BCUT2D eigenvalue weighted by Gasteiger charge is 2.22. The van der Waals surface area contributed by atoms with Crippen molar-refractivity contribution in [2.75, 3.05) is 19.7 Å². The molecule has 1 aliphatic heterocycles. The van der Waals surface area contributed by atoms with Crippen LogP contribution >= 0.6 is 0 Å². The fraction of sp³-hybridized carbons (Fsp3) is 0.632. The SMILES string of the molecule is CC(C)COc1ccc(C(=O)NC2CCN(C(C)C)CC2)cc1. The molecule has 1 aliphatic rings. The minimum atomic E-state index is 0.0170. The third kappa shape index (κ3) is 5.54. The number of nitrogens with one attached hydrogen (secondary N) is 1. The Morgan fingerprint density at radius 1 is 1.17 bits per heavy atom. The molecule has 1 heterocycles. The summed E-state index contributed by atoms with van der Waals surface area (Å²) >= 11 is 0. The quantitative estimate of drug-likeness (QED) is 0.875. The van der Waals surface area contributed by atoms with Gasteiger partial charge >= 0.3 is 0 Å². The summed E-state index contributed by atoms with van der Waals surface area (Å²) in [5.74, 6) is 1.33. The van der Waals surface area contributed by atoms with Crippen molar-refractivity contribution in [1.29, 1.82) is 0 Å². The molecule has 0 radical (unpaired) electrons. The first-order valence-corrected chi connectivity index (χ1v) is 8.73. The summed E-state index contributed by atoms with van der Waals surface area (Å²) in [4.78, 5) is 14.8. The number of benzene rings is 1. The van der Waals surface area contributed by atoms with Crippen LogP contribution in [0.15, 0.2) is 24.3 Å². The van der Waals surface area contributed by atoms with E-state index in [0.717, 1.165) is 31.7 Å². The molecule has 2 rings (SSSR count). The van der Waals surface area contributed by atoms with Crippen LogP contribution in [0.25, 0.3) is 0 Å². The Bertz CT molecular complexity index is 489. The van der Waals surface area contributed by atoms with Gasteiger partial charge in [-0.2, -0.15) is 0 Å². The Balaban J connectivity index is 1.82. The van der Waals surface area contributed by atoms with Crippen molar-refractivity contribution in [2.45, 2.75) is 52.6 Å². The molecule has 0 bridgehead atoms. The average Bonchev–Trinajstić information content (AvgIpc) is 2.54. The van der Waals surface area contributed by atoms with E-state index in [2.05, 4.69) is 37.9 Å². The second kappa shape index (κ2) is 8.34. The van der Waals surface area contributed by atoms with Gasteiger partial charge in [-0.1, -0.05) is 13.8 Å². The number of carbonyl (C=O) groups excluding carboxylic acids is 1. The van der Waals surface area contributed by atoms with Gasteiger partial charge in [0.2, 0.25) is 0 Å². The van der Waals surface area contributed by atoms with E-state index in [1.165, 1.54) is 0 Å². The van der Waals surface area contributed by atoms with Crippen molar-refractivity contribution in [2.24, 2.45) is 5.92 Å². The third-order valence-corrected chi connectivity index (χ3v) is 4.29. The lowest BCUT2D eigenvalue weighted by atomic mass is 10.0. The topological polar surface area (TPSA) is 41.6 Å². The summed E-state index contributed by atoms with van der Waals surface area (Å²) in [6, 6.07) is 8.30. The van der Waals surface area contributed by atoms with Crippen LogP contribution in [0, 0.1) is 5.92 Å². The zero-order valence-electron chi connectivity index (χ0n) is 14.8. The lowest BCUT2D eigenvalue weighted by Crippen LogP contribution is -2.46. The first-order chi connectivity index (χ1) is 11.0. The highest BCUT2D eigenvalue weighted by Crippen LogP contribution is 2.16. The maximum atomic E-state index is 12.3. The Labute approximate surface area is 140 Å². The van der Waals surface area contributed by atoms with Crippen LogP contribution < -0.4 is 10.1 Å². The summed E-state index contributed by atoms with van der Waals surface area (Å²) in [5.41, 5.74) is 0.702. The standard InChI is InChI=1S/C19H30N2O2/c1-14(2)13-23-18-7-5-16(6-8-18)19(22)20-17-9-11-21(12-10-17)15(3)4/h5-8,14-15,17H,9-13H2,1-4H3,(H,20,22). The Kier molecular flexibility index (Phi) is 6.46. The number of carbonyl (C=O) groups is 1. The number of hydrogen-bond acceptors (Lipinski definition) is 3. The van der Waals surface area contributed by atoms with Gasteiger partial charge in [0.25, 0.3) is 5.91 Å². The predicted molar refractivity (Wildman–Crippen MR) is 94.0 cm³/mol. The van der Waals surface area contributed by atoms with Crippen molar-refractivity contribution in [1.82, 2.24) is 10.2 Å². The van der Waals surface area contributed by atoms with E-state index in [4.69, 9.17) is 4.74 Å². The van der Waals surface area contributed by atoms with Gasteiger partial charge in [0, 0.05) is 30.7 Å². The number of amides is 1. The summed E-state index contributed by atoms with van der Waals surface area (Å²) in [5, 5.41) is 3.16. The average molecular weight is 318 g/mol. The van der Waals surface area contributed by atoms with Crippen LogP contribution in [-0.4, -0.2) is 42.6 Å². The number of rotatable bonds is 6. The van der Waals surface area contributed by atoms with E-state index in [1.807, 2.05) is 24.3 Å². The summed E-state index contributed by atoms with van der Waals surface area (Å²) < 4.78 is 5.65. The predicted octanol–water partition coefficient (Wildman–Crippen LogP) is 3.32. The smallest absolute Gasteiger partial charge is 0.251 e. The third-order valence-electron chi connectivity index (χ3n) is 4.29. The van der Waals surface area contributed by atoms with E-state index < -0.39 is 0 Å². The first kappa shape index (κ1) is 17.8. The van der Waals surface area contributed by atoms with Crippen LogP contribution in [-0.2, 0) is 0 Å². The van der Waals surface area contributed by atoms with Crippen LogP contribution in [0.3, 0.4) is 0 Å². The molecule has 0 aromatic heterocycles. The van der Waals surface area contributed by atoms with Gasteiger partial charge in [0.05, 0.1) is 6.61 Å². The molecule has 0 atom stereocenters. The molecule has 0 saturated carbocycles. The molecule has 1 saturated heterocycles. The highest BCUT2D eigenvalue weighted by molar-refractivity contribution is 5.94. The van der Waals surface area contributed by atoms with Crippen LogP contribution in [0.4, 0.5) is 0 Å². The number of ether oxygens (including phenoxy) is 1. The molecule has 0 aliphatic carbocycles. The van der Waals surface area contributed by atoms with Crippen molar-refractivity contribution in [3.05, 3.63) is 29.8 Å². The molecular formula is C19H30N2O2. The number of nitrogens with zero attached hydrogens (tertiary/aromatic N) is 1. The fourth-order valence-electron chi connectivity index (χ4n) is 2.79. The second-order valence-electron chi connectivity index (χ2n) is 7.11. The number of likely N-dealkylation sites (tertiary alicyclic amines) is 1. The van der Waals surface area contributed by atoms with Gasteiger partial charge in [-0.05, 0) is 56.9 Å². The van der Waals surface area contributed by atoms with Gasteiger partial charge in [-0.25, -0.2) is 0 Å². The summed E-state index contributed by atoms with van der Waals surface area (Å²) in [6.07, 6.45) is 2.05. The largest absolute Gasteiger partial charge is 0.493 e.